The number of anilines is 1. The monoisotopic (exact) mass is 388 g/mol. The topological polar surface area (TPSA) is 79.9 Å². The van der Waals surface area contributed by atoms with Crippen molar-refractivity contribution in [2.24, 2.45) is 10.2 Å². The molecule has 0 spiro atoms. The normalized spacial score (nSPS) is 11.0. The van der Waals surface area contributed by atoms with Gasteiger partial charge in [-0.25, -0.2) is 4.98 Å². The second-order valence-corrected chi connectivity index (χ2v) is 6.79. The number of thiazole rings is 1. The van der Waals surface area contributed by atoms with E-state index >= 15 is 0 Å². The molecule has 2 aromatic heterocycles. The molecule has 28 heavy (non-hydrogen) atoms. The highest BCUT2D eigenvalue weighted by atomic mass is 32.1. The van der Waals surface area contributed by atoms with Gasteiger partial charge in [-0.2, -0.15) is 10.2 Å². The maximum atomic E-state index is 12.3. The lowest BCUT2D eigenvalue weighted by atomic mass is 10.2. The number of hydrogen-bond acceptors (Lipinski definition) is 6. The van der Waals surface area contributed by atoms with Gasteiger partial charge in [-0.15, -0.1) is 11.3 Å². The molecule has 7 heteroatoms. The Morgan fingerprint density at radius 3 is 2.43 bits per heavy atom. The summed E-state index contributed by atoms with van der Waals surface area (Å²) in [5.41, 5.74) is 2.91. The average molecular weight is 388 g/mol. The highest BCUT2D eigenvalue weighted by Crippen LogP contribution is 2.24. The van der Waals surface area contributed by atoms with Crippen molar-refractivity contribution in [1.29, 1.82) is 0 Å². The van der Waals surface area contributed by atoms with E-state index < -0.39 is 0 Å². The van der Waals surface area contributed by atoms with Crippen molar-refractivity contribution in [3.63, 3.8) is 0 Å². The largest absolute Gasteiger partial charge is 0.462 e. The highest BCUT2D eigenvalue weighted by molar-refractivity contribution is 7.13. The molecule has 0 aliphatic carbocycles. The first kappa shape index (κ1) is 17.8. The third-order valence-electron chi connectivity index (χ3n) is 3.81. The fraction of sp³-hybridized carbons (Fsp3) is 0.0476. The van der Waals surface area contributed by atoms with Crippen molar-refractivity contribution in [3.05, 3.63) is 84.1 Å². The lowest BCUT2D eigenvalue weighted by Gasteiger charge is -2.04. The lowest BCUT2D eigenvalue weighted by molar-refractivity contribution is -0.115. The summed E-state index contributed by atoms with van der Waals surface area (Å²) >= 11 is 1.45. The Kier molecular flexibility index (Phi) is 5.35. The van der Waals surface area contributed by atoms with E-state index in [9.17, 15) is 4.79 Å². The molecule has 0 saturated carbocycles. The SMILES string of the molecule is O=C(Cc1csc(-c2ccco2)n1)Nc1ccc(N=Nc2ccccc2)cc1. The lowest BCUT2D eigenvalue weighted by Crippen LogP contribution is -2.14. The Bertz CT molecular complexity index is 1070. The molecule has 1 N–H and O–H groups in total. The highest BCUT2D eigenvalue weighted by Gasteiger charge is 2.10. The maximum Gasteiger partial charge on any atom is 0.230 e. The van der Waals surface area contributed by atoms with Crippen molar-refractivity contribution in [2.75, 3.05) is 5.32 Å². The van der Waals surface area contributed by atoms with Gasteiger partial charge in [0.1, 0.15) is 0 Å². The smallest absolute Gasteiger partial charge is 0.230 e. The summed E-state index contributed by atoms with van der Waals surface area (Å²) in [4.78, 5) is 16.7. The number of aromatic nitrogens is 1. The maximum absolute atomic E-state index is 12.3. The molecular formula is C21H16N4O2S. The number of azo groups is 1. The van der Waals surface area contributed by atoms with E-state index in [1.54, 1.807) is 30.5 Å². The van der Waals surface area contributed by atoms with E-state index in [1.165, 1.54) is 11.3 Å². The van der Waals surface area contributed by atoms with E-state index in [0.717, 1.165) is 10.7 Å². The molecule has 4 rings (SSSR count). The molecule has 0 saturated heterocycles. The molecule has 0 aliphatic rings. The van der Waals surface area contributed by atoms with Gasteiger partial charge in [-0.05, 0) is 48.5 Å². The summed E-state index contributed by atoms with van der Waals surface area (Å²) in [5.74, 6) is 0.576. The van der Waals surface area contributed by atoms with Gasteiger partial charge in [0.05, 0.1) is 29.8 Å². The fourth-order valence-corrected chi connectivity index (χ4v) is 3.28. The van der Waals surface area contributed by atoms with Gasteiger partial charge in [0.15, 0.2) is 10.8 Å². The summed E-state index contributed by atoms with van der Waals surface area (Å²) in [6.07, 6.45) is 1.80. The van der Waals surface area contributed by atoms with Gasteiger partial charge in [-0.1, -0.05) is 18.2 Å². The molecule has 0 bridgehead atoms. The summed E-state index contributed by atoms with van der Waals surface area (Å²) in [6, 6.07) is 20.4. The predicted molar refractivity (Wildman–Crippen MR) is 109 cm³/mol. The third kappa shape index (κ3) is 4.57. The predicted octanol–water partition coefficient (Wildman–Crippen LogP) is 6.00. The minimum atomic E-state index is -0.130. The van der Waals surface area contributed by atoms with Gasteiger partial charge in [0, 0.05) is 11.1 Å². The zero-order chi connectivity index (χ0) is 19.2. The van der Waals surface area contributed by atoms with Crippen LogP contribution in [0.4, 0.5) is 17.1 Å². The van der Waals surface area contributed by atoms with Crippen LogP contribution in [-0.2, 0) is 11.2 Å². The van der Waals surface area contributed by atoms with Gasteiger partial charge in [0.25, 0.3) is 0 Å². The zero-order valence-corrected chi connectivity index (χ0v) is 15.6. The molecule has 1 amide bonds. The number of amides is 1. The van der Waals surface area contributed by atoms with Crippen LogP contribution in [0.1, 0.15) is 5.69 Å². The second-order valence-electron chi connectivity index (χ2n) is 5.93. The Balaban J connectivity index is 1.34. The minimum Gasteiger partial charge on any atom is -0.462 e. The van der Waals surface area contributed by atoms with E-state index in [2.05, 4.69) is 20.5 Å². The fourth-order valence-electron chi connectivity index (χ4n) is 2.49. The molecule has 0 atom stereocenters. The Labute approximate surface area is 165 Å². The number of nitrogens with zero attached hydrogens (tertiary/aromatic N) is 3. The number of carbonyl (C=O) groups is 1. The van der Waals surface area contributed by atoms with Crippen LogP contribution in [-0.4, -0.2) is 10.9 Å². The van der Waals surface area contributed by atoms with Crippen LogP contribution in [0, 0.1) is 0 Å². The van der Waals surface area contributed by atoms with Crippen molar-refractivity contribution in [2.45, 2.75) is 6.42 Å². The summed E-state index contributed by atoms with van der Waals surface area (Å²) in [6.45, 7) is 0. The number of nitrogens with one attached hydrogen (secondary N) is 1. The Morgan fingerprint density at radius 2 is 1.71 bits per heavy atom. The van der Waals surface area contributed by atoms with Crippen LogP contribution >= 0.6 is 11.3 Å². The first-order valence-electron chi connectivity index (χ1n) is 8.61. The van der Waals surface area contributed by atoms with E-state index in [4.69, 9.17) is 4.42 Å². The molecular weight excluding hydrogens is 372 g/mol. The average Bonchev–Trinajstić information content (AvgIpc) is 3.40. The molecule has 0 unspecified atom stereocenters. The van der Waals surface area contributed by atoms with E-state index in [-0.39, 0.29) is 12.3 Å². The van der Waals surface area contributed by atoms with E-state index in [1.807, 2.05) is 47.8 Å². The quantitative estimate of drug-likeness (QED) is 0.411. The Hall–Kier alpha value is -3.58. The van der Waals surface area contributed by atoms with Crippen LogP contribution in [0.2, 0.25) is 0 Å². The van der Waals surface area contributed by atoms with Crippen LogP contribution in [0.3, 0.4) is 0 Å². The molecule has 138 valence electrons. The zero-order valence-electron chi connectivity index (χ0n) is 14.8. The first-order chi connectivity index (χ1) is 13.8. The molecule has 2 aromatic carbocycles. The summed E-state index contributed by atoms with van der Waals surface area (Å²) in [7, 11) is 0. The molecule has 6 nitrogen and oxygen atoms in total. The number of benzene rings is 2. The third-order valence-corrected chi connectivity index (χ3v) is 4.72. The van der Waals surface area contributed by atoms with Crippen LogP contribution in [0.15, 0.2) is 93.0 Å². The van der Waals surface area contributed by atoms with Crippen LogP contribution in [0.25, 0.3) is 10.8 Å². The standard InChI is InChI=1S/C21H16N4O2S/c26-20(13-18-14-28-21(23-18)19-7-4-12-27-19)22-15-8-10-17(11-9-15)25-24-16-5-2-1-3-6-16/h1-12,14H,13H2,(H,22,26). The number of carbonyl (C=O) groups excluding carboxylic acids is 1. The van der Waals surface area contributed by atoms with Crippen LogP contribution in [0.5, 0.6) is 0 Å². The van der Waals surface area contributed by atoms with Gasteiger partial charge < -0.3 is 9.73 Å². The molecule has 0 aliphatic heterocycles. The summed E-state index contributed by atoms with van der Waals surface area (Å²) in [5, 5.41) is 13.9. The molecule has 4 aromatic rings. The second kappa shape index (κ2) is 8.41. The van der Waals surface area contributed by atoms with Gasteiger partial charge >= 0.3 is 0 Å². The molecule has 0 radical (unpaired) electrons. The first-order valence-corrected chi connectivity index (χ1v) is 9.49. The number of rotatable bonds is 6. The van der Waals surface area contributed by atoms with Crippen molar-refractivity contribution in [3.8, 4) is 10.8 Å². The number of hydrogen-bond donors (Lipinski definition) is 1. The van der Waals surface area contributed by atoms with Crippen molar-refractivity contribution >= 4 is 34.3 Å². The molecule has 2 heterocycles. The van der Waals surface area contributed by atoms with Crippen LogP contribution < -0.4 is 5.32 Å². The van der Waals surface area contributed by atoms with Crippen molar-refractivity contribution in [1.82, 2.24) is 4.98 Å². The minimum absolute atomic E-state index is 0.130. The van der Waals surface area contributed by atoms with Gasteiger partial charge in [-0.3, -0.25) is 4.79 Å². The summed E-state index contributed by atoms with van der Waals surface area (Å²) < 4.78 is 5.32. The van der Waals surface area contributed by atoms with E-state index in [0.29, 0.717) is 22.8 Å². The van der Waals surface area contributed by atoms with Crippen molar-refractivity contribution < 1.29 is 9.21 Å². The van der Waals surface area contributed by atoms with Gasteiger partial charge in [0.2, 0.25) is 5.91 Å². The number of furan rings is 1. The Morgan fingerprint density at radius 1 is 0.964 bits per heavy atom. The molecule has 0 fully saturated rings.